The van der Waals surface area contributed by atoms with Crippen LogP contribution in [0.25, 0.3) is 0 Å². The van der Waals surface area contributed by atoms with Gasteiger partial charge in [-0.25, -0.2) is 4.68 Å². The van der Waals surface area contributed by atoms with Gasteiger partial charge in [0.2, 0.25) is 5.88 Å². The average molecular weight is 288 g/mol. The number of aromatic nitrogens is 2. The lowest BCUT2D eigenvalue weighted by atomic mass is 10.1. The maximum atomic E-state index is 6.07. The van der Waals surface area contributed by atoms with Gasteiger partial charge in [-0.1, -0.05) is 6.07 Å². The fourth-order valence-electron chi connectivity index (χ4n) is 2.30. The monoisotopic (exact) mass is 288 g/mol. The number of rotatable bonds is 5. The summed E-state index contributed by atoms with van der Waals surface area (Å²) in [6.07, 6.45) is 0.752. The quantitative estimate of drug-likeness (QED) is 0.918. The number of hydrogen-bond donors (Lipinski definition) is 1. The summed E-state index contributed by atoms with van der Waals surface area (Å²) in [5, 5.41) is 4.44. The molecule has 1 aromatic heterocycles. The first kappa shape index (κ1) is 15.4. The van der Waals surface area contributed by atoms with E-state index in [1.807, 2.05) is 64.2 Å². The molecular weight excluding hydrogens is 264 g/mol. The summed E-state index contributed by atoms with van der Waals surface area (Å²) >= 11 is 0. The number of hydrogen-bond acceptors (Lipinski definition) is 4. The van der Waals surface area contributed by atoms with Crippen LogP contribution in [0.5, 0.6) is 11.6 Å². The Morgan fingerprint density at radius 1 is 1.38 bits per heavy atom. The smallest absolute Gasteiger partial charge is 0.221 e. The molecule has 0 aliphatic heterocycles. The molecular formula is C16H24N4O. The average Bonchev–Trinajstić information content (AvgIpc) is 2.65. The minimum Gasteiger partial charge on any atom is -0.439 e. The first-order chi connectivity index (χ1) is 9.88. The van der Waals surface area contributed by atoms with Crippen molar-refractivity contribution in [1.82, 2.24) is 9.78 Å². The van der Waals surface area contributed by atoms with E-state index in [4.69, 9.17) is 10.5 Å². The predicted octanol–water partition coefficient (Wildman–Crippen LogP) is 2.48. The number of ether oxygens (including phenoxy) is 1. The molecule has 0 aliphatic rings. The minimum atomic E-state index is 0.0726. The van der Waals surface area contributed by atoms with Crippen LogP contribution >= 0.6 is 0 Å². The highest BCUT2D eigenvalue weighted by Gasteiger charge is 2.17. The molecule has 0 saturated carbocycles. The van der Waals surface area contributed by atoms with Gasteiger partial charge in [0, 0.05) is 44.5 Å². The third kappa shape index (κ3) is 3.55. The summed E-state index contributed by atoms with van der Waals surface area (Å²) < 4.78 is 7.84. The lowest BCUT2D eigenvalue weighted by Crippen LogP contribution is -2.18. The molecule has 21 heavy (non-hydrogen) atoms. The second-order valence-corrected chi connectivity index (χ2v) is 5.67. The number of aryl methyl sites for hydroxylation is 2. The van der Waals surface area contributed by atoms with Crippen molar-refractivity contribution < 1.29 is 4.74 Å². The van der Waals surface area contributed by atoms with E-state index in [0.29, 0.717) is 0 Å². The number of nitrogens with two attached hydrogens (primary N) is 1. The van der Waals surface area contributed by atoms with Crippen LogP contribution in [-0.2, 0) is 13.5 Å². The molecule has 0 amide bonds. The second kappa shape index (κ2) is 6.18. The van der Waals surface area contributed by atoms with Crippen LogP contribution in [0, 0.1) is 6.92 Å². The molecule has 1 heterocycles. The highest BCUT2D eigenvalue weighted by atomic mass is 16.5. The molecule has 2 N–H and O–H groups in total. The lowest BCUT2D eigenvalue weighted by Gasteiger charge is -2.15. The largest absolute Gasteiger partial charge is 0.439 e. The van der Waals surface area contributed by atoms with E-state index in [-0.39, 0.29) is 6.04 Å². The normalized spacial score (nSPS) is 12.3. The van der Waals surface area contributed by atoms with E-state index >= 15 is 0 Å². The fraction of sp³-hybridized carbons (Fsp3) is 0.438. The highest BCUT2D eigenvalue weighted by molar-refractivity contribution is 5.50. The number of anilines is 1. The summed E-state index contributed by atoms with van der Waals surface area (Å²) in [6.45, 7) is 3.98. The number of benzene rings is 1. The molecule has 0 aliphatic carbocycles. The van der Waals surface area contributed by atoms with Crippen LogP contribution < -0.4 is 15.4 Å². The topological polar surface area (TPSA) is 56.3 Å². The molecule has 5 nitrogen and oxygen atoms in total. The van der Waals surface area contributed by atoms with E-state index in [1.165, 1.54) is 0 Å². The summed E-state index contributed by atoms with van der Waals surface area (Å²) in [4.78, 5) is 2.05. The Morgan fingerprint density at radius 3 is 2.71 bits per heavy atom. The Hall–Kier alpha value is -2.01. The molecule has 0 fully saturated rings. The van der Waals surface area contributed by atoms with Gasteiger partial charge in [-0.15, -0.1) is 0 Å². The highest BCUT2D eigenvalue weighted by Crippen LogP contribution is 2.29. The van der Waals surface area contributed by atoms with Crippen LogP contribution in [-0.4, -0.2) is 29.9 Å². The van der Waals surface area contributed by atoms with Gasteiger partial charge in [-0.3, -0.25) is 0 Å². The maximum absolute atomic E-state index is 6.07. The summed E-state index contributed by atoms with van der Waals surface area (Å²) in [5.41, 5.74) is 9.07. The first-order valence-electron chi connectivity index (χ1n) is 7.11. The first-order valence-corrected chi connectivity index (χ1v) is 7.11. The van der Waals surface area contributed by atoms with Crippen LogP contribution in [0.15, 0.2) is 24.3 Å². The summed E-state index contributed by atoms with van der Waals surface area (Å²) in [6, 6.07) is 8.06. The Kier molecular flexibility index (Phi) is 4.53. The molecule has 0 saturated heterocycles. The molecule has 5 heteroatoms. The van der Waals surface area contributed by atoms with Crippen molar-refractivity contribution in [3.63, 3.8) is 0 Å². The van der Waals surface area contributed by atoms with E-state index in [2.05, 4.69) is 5.10 Å². The van der Waals surface area contributed by atoms with Gasteiger partial charge in [0.1, 0.15) is 5.75 Å². The molecule has 1 aromatic carbocycles. The Bertz CT molecular complexity index is 617. The lowest BCUT2D eigenvalue weighted by molar-refractivity contribution is 0.424. The fourth-order valence-corrected chi connectivity index (χ4v) is 2.30. The minimum absolute atomic E-state index is 0.0726. The summed E-state index contributed by atoms with van der Waals surface area (Å²) in [7, 11) is 5.91. The summed E-state index contributed by atoms with van der Waals surface area (Å²) in [5.74, 6) is 1.57. The van der Waals surface area contributed by atoms with Gasteiger partial charge >= 0.3 is 0 Å². The van der Waals surface area contributed by atoms with E-state index in [0.717, 1.165) is 35.0 Å². The van der Waals surface area contributed by atoms with Gasteiger partial charge in [-0.05, 0) is 32.4 Å². The van der Waals surface area contributed by atoms with Gasteiger partial charge in [0.15, 0.2) is 0 Å². The van der Waals surface area contributed by atoms with Gasteiger partial charge < -0.3 is 15.4 Å². The van der Waals surface area contributed by atoms with Crippen molar-refractivity contribution in [2.75, 3.05) is 19.0 Å². The maximum Gasteiger partial charge on any atom is 0.221 e. The van der Waals surface area contributed by atoms with E-state index in [1.54, 1.807) is 4.68 Å². The molecule has 2 aromatic rings. The van der Waals surface area contributed by atoms with Crippen LogP contribution in [0.2, 0.25) is 0 Å². The SMILES string of the molecule is Cc1nn(C)c(Oc2cccc(N(C)C)c2)c1CC(C)N. The molecule has 0 radical (unpaired) electrons. The van der Waals surface area contributed by atoms with Crippen molar-refractivity contribution in [3.05, 3.63) is 35.5 Å². The van der Waals surface area contributed by atoms with Gasteiger partial charge in [0.25, 0.3) is 0 Å². The van der Waals surface area contributed by atoms with Gasteiger partial charge in [-0.2, -0.15) is 5.10 Å². The number of nitrogens with zero attached hydrogens (tertiary/aromatic N) is 3. The standard InChI is InChI=1S/C16H24N4O/c1-11(17)9-15-12(2)18-20(5)16(15)21-14-8-6-7-13(10-14)19(3)4/h6-8,10-11H,9,17H2,1-5H3. The van der Waals surface area contributed by atoms with Crippen LogP contribution in [0.1, 0.15) is 18.2 Å². The van der Waals surface area contributed by atoms with E-state index in [9.17, 15) is 0 Å². The zero-order chi connectivity index (χ0) is 15.6. The van der Waals surface area contributed by atoms with Crippen LogP contribution in [0.4, 0.5) is 5.69 Å². The Labute approximate surface area is 126 Å². The third-order valence-corrected chi connectivity index (χ3v) is 3.36. The van der Waals surface area contributed by atoms with Crippen molar-refractivity contribution in [3.8, 4) is 11.6 Å². The Morgan fingerprint density at radius 2 is 2.10 bits per heavy atom. The van der Waals surface area contributed by atoms with Crippen molar-refractivity contribution >= 4 is 5.69 Å². The van der Waals surface area contributed by atoms with Crippen LogP contribution in [0.3, 0.4) is 0 Å². The van der Waals surface area contributed by atoms with Crippen molar-refractivity contribution in [2.24, 2.45) is 12.8 Å². The molecule has 1 atom stereocenters. The molecule has 0 spiro atoms. The zero-order valence-electron chi connectivity index (χ0n) is 13.4. The molecule has 114 valence electrons. The van der Waals surface area contributed by atoms with Crippen molar-refractivity contribution in [1.29, 1.82) is 0 Å². The van der Waals surface area contributed by atoms with Gasteiger partial charge in [0.05, 0.1) is 5.69 Å². The second-order valence-electron chi connectivity index (χ2n) is 5.67. The van der Waals surface area contributed by atoms with E-state index < -0.39 is 0 Å². The molecule has 0 bridgehead atoms. The Balaban J connectivity index is 2.33. The third-order valence-electron chi connectivity index (χ3n) is 3.36. The zero-order valence-corrected chi connectivity index (χ0v) is 13.4. The molecule has 1 unspecified atom stereocenters. The molecule has 2 rings (SSSR count). The van der Waals surface area contributed by atoms with Crippen molar-refractivity contribution in [2.45, 2.75) is 26.3 Å². The predicted molar refractivity (Wildman–Crippen MR) is 86.1 cm³/mol.